The third kappa shape index (κ3) is 6.42. The van der Waals surface area contributed by atoms with Gasteiger partial charge in [-0.1, -0.05) is 0 Å². The van der Waals surface area contributed by atoms with Crippen LogP contribution in [0.15, 0.2) is 52.0 Å². The highest BCUT2D eigenvalue weighted by molar-refractivity contribution is 7.89. The number of nitrogens with zero attached hydrogens (tertiary/aromatic N) is 3. The summed E-state index contributed by atoms with van der Waals surface area (Å²) >= 11 is 0. The highest BCUT2D eigenvalue weighted by Gasteiger charge is 2.23. The van der Waals surface area contributed by atoms with Gasteiger partial charge >= 0.3 is 0 Å². The molecule has 1 aromatic heterocycles. The molecule has 0 aliphatic carbocycles. The molecule has 9 heteroatoms. The first-order valence-electron chi connectivity index (χ1n) is 9.23. The minimum Gasteiger partial charge on any atom is -0.468 e. The molecule has 0 aliphatic rings. The molecule has 8 nitrogen and oxygen atoms in total. The fraction of sp³-hybridized carbons (Fsp3) is 0.400. The normalized spacial score (nSPS) is 11.8. The molecule has 0 aliphatic heterocycles. The van der Waals surface area contributed by atoms with Crippen LogP contribution in [0, 0.1) is 11.3 Å². The third-order valence-corrected chi connectivity index (χ3v) is 6.46. The first-order valence-corrected chi connectivity index (χ1v) is 10.7. The van der Waals surface area contributed by atoms with Gasteiger partial charge in [-0.05, 0) is 50.2 Å². The molecule has 1 amide bonds. The van der Waals surface area contributed by atoms with Gasteiger partial charge in [0.15, 0.2) is 0 Å². The van der Waals surface area contributed by atoms with Crippen molar-refractivity contribution in [2.75, 3.05) is 25.5 Å². The van der Waals surface area contributed by atoms with Crippen LogP contribution < -0.4 is 5.32 Å². The topological polar surface area (TPSA) is 107 Å². The molecule has 0 saturated carbocycles. The van der Waals surface area contributed by atoms with E-state index in [-0.39, 0.29) is 23.4 Å². The first kappa shape index (κ1) is 22.6. The van der Waals surface area contributed by atoms with Gasteiger partial charge in [0, 0.05) is 31.7 Å². The number of rotatable bonds is 10. The summed E-state index contributed by atoms with van der Waals surface area (Å²) in [7, 11) is -2.04. The molecule has 2 aromatic rings. The molecule has 0 atom stereocenters. The summed E-state index contributed by atoms with van der Waals surface area (Å²) in [5.74, 6) is 0.448. The molecule has 29 heavy (non-hydrogen) atoms. The summed E-state index contributed by atoms with van der Waals surface area (Å²) in [5, 5.41) is 11.6. The van der Waals surface area contributed by atoms with Gasteiger partial charge in [0.1, 0.15) is 5.76 Å². The highest BCUT2D eigenvalue weighted by Crippen LogP contribution is 2.19. The Morgan fingerprint density at radius 2 is 1.93 bits per heavy atom. The zero-order valence-electron chi connectivity index (χ0n) is 16.8. The van der Waals surface area contributed by atoms with Gasteiger partial charge in [-0.3, -0.25) is 9.69 Å². The second-order valence-corrected chi connectivity index (χ2v) is 8.88. The van der Waals surface area contributed by atoms with Gasteiger partial charge in [-0.25, -0.2) is 8.42 Å². The van der Waals surface area contributed by atoms with Gasteiger partial charge in [0.2, 0.25) is 15.9 Å². The quantitative estimate of drug-likeness (QED) is 0.636. The van der Waals surface area contributed by atoms with Crippen LogP contribution >= 0.6 is 0 Å². The summed E-state index contributed by atoms with van der Waals surface area (Å²) in [6, 6.07) is 11.6. The number of furan rings is 1. The van der Waals surface area contributed by atoms with Crippen LogP contribution in [-0.2, 0) is 21.4 Å². The van der Waals surface area contributed by atoms with Crippen molar-refractivity contribution in [3.63, 3.8) is 0 Å². The molecule has 1 heterocycles. The predicted octanol–water partition coefficient (Wildman–Crippen LogP) is 2.66. The largest absolute Gasteiger partial charge is 0.468 e. The number of anilines is 1. The van der Waals surface area contributed by atoms with Crippen molar-refractivity contribution in [3.05, 3.63) is 48.4 Å². The van der Waals surface area contributed by atoms with E-state index in [1.54, 1.807) is 38.3 Å². The van der Waals surface area contributed by atoms with Gasteiger partial charge in [-0.2, -0.15) is 9.57 Å². The van der Waals surface area contributed by atoms with Crippen molar-refractivity contribution in [1.82, 2.24) is 9.21 Å². The Kier molecular flexibility index (Phi) is 7.96. The SMILES string of the molecule is CC(C)N(C)S(=O)(=O)c1ccc(NC(=O)CN(CCC#N)Cc2ccco2)cc1. The van der Waals surface area contributed by atoms with Crippen LogP contribution in [-0.4, -0.2) is 49.7 Å². The van der Waals surface area contributed by atoms with E-state index in [0.29, 0.717) is 31.0 Å². The molecule has 1 N–H and O–H groups in total. The van der Waals surface area contributed by atoms with Crippen LogP contribution in [0.1, 0.15) is 26.0 Å². The van der Waals surface area contributed by atoms with Crippen molar-refractivity contribution in [1.29, 1.82) is 5.26 Å². The lowest BCUT2D eigenvalue weighted by Gasteiger charge is -2.21. The Morgan fingerprint density at radius 3 is 2.48 bits per heavy atom. The maximum Gasteiger partial charge on any atom is 0.243 e. The van der Waals surface area contributed by atoms with E-state index >= 15 is 0 Å². The van der Waals surface area contributed by atoms with E-state index in [2.05, 4.69) is 11.4 Å². The van der Waals surface area contributed by atoms with Gasteiger partial charge in [0.25, 0.3) is 0 Å². The van der Waals surface area contributed by atoms with Gasteiger partial charge in [-0.15, -0.1) is 0 Å². The molecular formula is C20H26N4O4S. The fourth-order valence-corrected chi connectivity index (χ4v) is 3.97. The number of amides is 1. The smallest absolute Gasteiger partial charge is 0.243 e. The number of hydrogen-bond acceptors (Lipinski definition) is 6. The van der Waals surface area contributed by atoms with Gasteiger partial charge < -0.3 is 9.73 Å². The lowest BCUT2D eigenvalue weighted by atomic mass is 10.3. The van der Waals surface area contributed by atoms with Crippen LogP contribution in [0.3, 0.4) is 0 Å². The number of carbonyl (C=O) groups is 1. The molecule has 156 valence electrons. The van der Waals surface area contributed by atoms with E-state index in [4.69, 9.17) is 9.68 Å². The van der Waals surface area contributed by atoms with Gasteiger partial charge in [0.05, 0.1) is 30.3 Å². The average molecular weight is 419 g/mol. The Morgan fingerprint density at radius 1 is 1.24 bits per heavy atom. The molecular weight excluding hydrogens is 392 g/mol. The minimum absolute atomic E-state index is 0.0819. The Hall–Kier alpha value is -2.67. The van der Waals surface area contributed by atoms with Crippen molar-refractivity contribution in [2.45, 2.75) is 37.8 Å². The predicted molar refractivity (Wildman–Crippen MR) is 109 cm³/mol. The van der Waals surface area contributed by atoms with Crippen LogP contribution in [0.2, 0.25) is 0 Å². The number of nitrogens with one attached hydrogen (secondary N) is 1. The Labute approximate surface area is 171 Å². The standard InChI is InChI=1S/C20H26N4O4S/c1-16(2)23(3)29(26,27)19-9-7-17(8-10-19)22-20(25)15-24(12-5-11-21)14-18-6-4-13-28-18/h4,6-10,13,16H,5,12,14-15H2,1-3H3,(H,22,25). The van der Waals surface area contributed by atoms with Crippen molar-refractivity contribution < 1.29 is 17.6 Å². The van der Waals surface area contributed by atoms with Crippen molar-refractivity contribution in [3.8, 4) is 6.07 Å². The molecule has 2 rings (SSSR count). The first-order chi connectivity index (χ1) is 13.7. The number of hydrogen-bond donors (Lipinski definition) is 1. The number of carbonyl (C=O) groups excluding carboxylic acids is 1. The number of sulfonamides is 1. The van der Waals surface area contributed by atoms with Crippen LogP contribution in [0.25, 0.3) is 0 Å². The monoisotopic (exact) mass is 418 g/mol. The summed E-state index contributed by atoms with van der Waals surface area (Å²) in [4.78, 5) is 14.4. The lowest BCUT2D eigenvalue weighted by molar-refractivity contribution is -0.117. The molecule has 0 fully saturated rings. The van der Waals surface area contributed by atoms with E-state index in [1.165, 1.54) is 23.5 Å². The van der Waals surface area contributed by atoms with Crippen molar-refractivity contribution in [2.24, 2.45) is 0 Å². The lowest BCUT2D eigenvalue weighted by Crippen LogP contribution is -2.33. The van der Waals surface area contributed by atoms with Crippen molar-refractivity contribution >= 4 is 21.6 Å². The van der Waals surface area contributed by atoms with Crippen LogP contribution in [0.5, 0.6) is 0 Å². The van der Waals surface area contributed by atoms with E-state index in [9.17, 15) is 13.2 Å². The second kappa shape index (κ2) is 10.2. The fourth-order valence-electron chi connectivity index (χ4n) is 2.60. The zero-order chi connectivity index (χ0) is 21.4. The molecule has 0 spiro atoms. The second-order valence-electron chi connectivity index (χ2n) is 6.89. The summed E-state index contributed by atoms with van der Waals surface area (Å²) in [5.41, 5.74) is 0.499. The van der Waals surface area contributed by atoms with E-state index < -0.39 is 10.0 Å². The molecule has 0 unspecified atom stereocenters. The summed E-state index contributed by atoms with van der Waals surface area (Å²) in [6.45, 7) is 4.53. The van der Waals surface area contributed by atoms with E-state index in [0.717, 1.165) is 0 Å². The molecule has 0 bridgehead atoms. The number of benzene rings is 1. The third-order valence-electron chi connectivity index (χ3n) is 4.41. The highest BCUT2D eigenvalue weighted by atomic mass is 32.2. The summed E-state index contributed by atoms with van der Waals surface area (Å²) in [6.07, 6.45) is 1.86. The molecule has 0 radical (unpaired) electrons. The maximum atomic E-state index is 12.5. The Balaban J connectivity index is 2.01. The number of nitriles is 1. The zero-order valence-corrected chi connectivity index (χ0v) is 17.6. The summed E-state index contributed by atoms with van der Waals surface area (Å²) < 4.78 is 31.6. The molecule has 0 saturated heterocycles. The Bertz CT molecular complexity index is 932. The van der Waals surface area contributed by atoms with E-state index in [1.807, 2.05) is 11.0 Å². The molecule has 1 aromatic carbocycles. The average Bonchev–Trinajstić information content (AvgIpc) is 3.18. The van der Waals surface area contributed by atoms with Crippen LogP contribution in [0.4, 0.5) is 5.69 Å². The maximum absolute atomic E-state index is 12.5. The minimum atomic E-state index is -3.57.